The molecule has 9 aliphatic heterocycles. The number of nitrogens with one attached hydrogen (secondary N) is 5. The van der Waals surface area contributed by atoms with Gasteiger partial charge in [-0.15, -0.1) is 0 Å². The van der Waals surface area contributed by atoms with Crippen molar-refractivity contribution >= 4 is 50.3 Å². The Morgan fingerprint density at radius 1 is 0.306 bits per heavy atom. The van der Waals surface area contributed by atoms with Crippen LogP contribution in [0.5, 0.6) is 0 Å². The Bertz CT molecular complexity index is 3950. The van der Waals surface area contributed by atoms with E-state index in [1.54, 1.807) is 0 Å². The molecule has 5 amide bonds. The Balaban J connectivity index is 0.996. The van der Waals surface area contributed by atoms with E-state index >= 15 is 0 Å². The minimum absolute atomic E-state index is 0.848. The molecule has 778 valence electrons. The zero-order valence-electron chi connectivity index (χ0n) is 71.2. The number of hydrogen-bond donors (Lipinski definition) is 33. The number of hydrogen-bond acceptors (Lipinski definition) is 55. The maximum Gasteiger partial charge on any atom is 0.397 e. The van der Waals surface area contributed by atoms with Gasteiger partial charge in [-0.25, -0.2) is 8.37 Å². The molecule has 49 unspecified atom stereocenters. The number of amides is 5. The molecule has 62 nitrogen and oxygen atoms in total. The fourth-order valence-electron chi connectivity index (χ4n) is 16.1. The smallest absolute Gasteiger partial charge is 0.394 e. The van der Waals surface area contributed by atoms with Crippen LogP contribution in [0.4, 0.5) is 0 Å². The minimum Gasteiger partial charge on any atom is -0.394 e. The van der Waals surface area contributed by atoms with Gasteiger partial charge in [0.1, 0.15) is 238 Å². The van der Waals surface area contributed by atoms with Gasteiger partial charge in [0.2, 0.25) is 29.5 Å². The lowest BCUT2D eigenvalue weighted by atomic mass is 9.94. The summed E-state index contributed by atoms with van der Waals surface area (Å²) in [5, 5.41) is 302. The van der Waals surface area contributed by atoms with Crippen molar-refractivity contribution in [1.29, 1.82) is 0 Å². The zero-order chi connectivity index (χ0) is 99.6. The van der Waals surface area contributed by atoms with Crippen LogP contribution in [-0.2, 0) is 138 Å². The average molecular weight is 2010 g/mol. The highest BCUT2D eigenvalue weighted by Gasteiger charge is 2.61. The number of aliphatic hydroxyl groups excluding tert-OH is 26. The molecule has 9 saturated heterocycles. The van der Waals surface area contributed by atoms with E-state index in [1.165, 1.54) is 0 Å². The van der Waals surface area contributed by atoms with E-state index < -0.39 is 423 Å². The molecule has 0 bridgehead atoms. The van der Waals surface area contributed by atoms with Gasteiger partial charge in [0.25, 0.3) is 0 Å². The van der Waals surface area contributed by atoms with Gasteiger partial charge >= 0.3 is 20.8 Å². The van der Waals surface area contributed by atoms with Crippen molar-refractivity contribution in [3.05, 3.63) is 0 Å². The van der Waals surface area contributed by atoms with Gasteiger partial charge in [0.15, 0.2) is 56.6 Å². The molecule has 9 rings (SSSR count). The Hall–Kier alpha value is -4.67. The minimum atomic E-state index is -5.54. The highest BCUT2D eigenvalue weighted by Crippen LogP contribution is 2.40. The fourth-order valence-corrected chi connectivity index (χ4v) is 17.0. The van der Waals surface area contributed by atoms with Crippen LogP contribution in [0.15, 0.2) is 0 Å². The first-order chi connectivity index (χ1) is 62.9. The monoisotopic (exact) mass is 2010 g/mol. The number of rotatable bonds is 41. The Labute approximate surface area is 758 Å². The summed E-state index contributed by atoms with van der Waals surface area (Å²) < 4.78 is 180. The van der Waals surface area contributed by atoms with Crippen molar-refractivity contribution < 1.29 is 276 Å². The lowest BCUT2D eigenvalue weighted by molar-refractivity contribution is -0.377. The molecule has 0 aliphatic carbocycles. The van der Waals surface area contributed by atoms with Crippen LogP contribution in [0.1, 0.15) is 34.6 Å². The van der Waals surface area contributed by atoms with Crippen molar-refractivity contribution in [2.24, 2.45) is 0 Å². The summed E-state index contributed by atoms with van der Waals surface area (Å²) in [6.45, 7) is -8.73. The van der Waals surface area contributed by atoms with Crippen molar-refractivity contribution in [3.8, 4) is 0 Å². The molecule has 0 saturated carbocycles. The van der Waals surface area contributed by atoms with Crippen LogP contribution in [0.2, 0.25) is 0 Å². The summed E-state index contributed by atoms with van der Waals surface area (Å²) in [7, 11) is -11.0. The molecule has 0 radical (unpaired) electrons. The Morgan fingerprint density at radius 2 is 0.627 bits per heavy atom. The largest absolute Gasteiger partial charge is 0.397 e. The van der Waals surface area contributed by atoms with Gasteiger partial charge in [-0.2, -0.15) is 16.8 Å². The van der Waals surface area contributed by atoms with Crippen molar-refractivity contribution in [1.82, 2.24) is 26.6 Å². The lowest BCUT2D eigenvalue weighted by Crippen LogP contribution is -2.70. The van der Waals surface area contributed by atoms with Crippen LogP contribution in [0.25, 0.3) is 0 Å². The van der Waals surface area contributed by atoms with Crippen LogP contribution >= 0.6 is 0 Å². The van der Waals surface area contributed by atoms with Gasteiger partial charge in [-0.05, 0) is 0 Å². The third kappa shape index (κ3) is 27.6. The third-order valence-corrected chi connectivity index (χ3v) is 23.8. The number of ether oxygens (including phenoxy) is 18. The van der Waals surface area contributed by atoms with E-state index in [2.05, 4.69) is 35.0 Å². The first-order valence-corrected chi connectivity index (χ1v) is 44.1. The van der Waals surface area contributed by atoms with Gasteiger partial charge in [-0.3, -0.25) is 33.1 Å². The number of carbonyl (C=O) groups is 5. The SMILES string of the molecule is CC(=O)NC(CO)C(OC1OC(COC2OC(COC3OC(CO)C(O)C(O)C3O)C(O)C(O)C2NC(C)=O)C(O)C(OC2OC(CO)C(OC3OC(CO)C(O)C(OS(=O)(=O)O)C3O)C(O)C2NC(C)=O)C1O)C(O)C(O)COC1OC(CO)C(OC2OC(CO)C(O)C(OC3OC(COS(=O)(=O)O)C(O)C(OC4OC(CO)C(O)C(O)C4O)C3NC(C)=O)C2O)C(O)C1NC(C)=O. The highest BCUT2D eigenvalue weighted by atomic mass is 32.3. The summed E-state index contributed by atoms with van der Waals surface area (Å²) in [6.07, 6.45) is -97.0. The molecule has 0 aromatic carbocycles. The second-order valence-corrected chi connectivity index (χ2v) is 34.7. The Morgan fingerprint density at radius 3 is 1.09 bits per heavy atom. The maximum atomic E-state index is 13.1. The Kier molecular flexibility index (Phi) is 41.6. The van der Waals surface area contributed by atoms with E-state index in [9.17, 15) is 183 Å². The third-order valence-electron chi connectivity index (χ3n) is 22.9. The van der Waals surface area contributed by atoms with Gasteiger partial charge in [-0.1, -0.05) is 0 Å². The normalized spacial score (nSPS) is 44.0. The van der Waals surface area contributed by atoms with E-state index in [1.807, 2.05) is 0 Å². The summed E-state index contributed by atoms with van der Waals surface area (Å²) >= 11 is 0. The molecule has 33 N–H and O–H groups in total. The van der Waals surface area contributed by atoms with Crippen molar-refractivity contribution in [3.63, 3.8) is 0 Å². The van der Waals surface area contributed by atoms with Crippen molar-refractivity contribution in [2.45, 2.75) is 335 Å². The van der Waals surface area contributed by atoms with Crippen LogP contribution in [-0.4, -0.2) is 561 Å². The molecule has 0 spiro atoms. The molecule has 9 aliphatic rings. The van der Waals surface area contributed by atoms with Crippen LogP contribution < -0.4 is 26.6 Å². The molecular weight excluding hydrogens is 1890 g/mol. The predicted octanol–water partition coefficient (Wildman–Crippen LogP) is -22.8. The van der Waals surface area contributed by atoms with E-state index in [0.29, 0.717) is 0 Å². The standard InChI is InChI=1S/C70H119N5O57S2/c1-17(83)71-22(6-76)55(37(89)23(88)13-113-63-34(73-19(3)85)46(98)56(28(11-81)121-63)127-68-52(104)59(41(93)26(9-79)119-68)131-65-36(75-21(5)87)58(43(95)32(124-65)16-116-133(107,108)109)129-67-51(103)49(101)39(91)25(8-78)118-67)126-69-53(105)60(130-64-35(74-20(4)86)47(99)57(29(12-82)122-64)128-70-54(106)61(132-134(110,111)112)42(94)27(10-80)120-70)44(96)31(125-69)15-114-62-33(72-18(2)84)45(97)40(92)30(123-62)14-115-66-50(102)48(100)38(90)24(7-77)117-66/h22-70,76-82,88-106H,6-16H2,1-5H3,(H,71,83)(H,72,84)(H,73,85)(H,74,86)(H,75,87)(H,107,108,109)(H,110,111,112). The number of carbonyl (C=O) groups excluding carboxylic acids is 5. The van der Waals surface area contributed by atoms with Crippen LogP contribution in [0.3, 0.4) is 0 Å². The highest BCUT2D eigenvalue weighted by molar-refractivity contribution is 7.81. The first-order valence-electron chi connectivity index (χ1n) is 41.4. The zero-order valence-corrected chi connectivity index (χ0v) is 72.9. The second kappa shape index (κ2) is 49.3. The van der Waals surface area contributed by atoms with Gasteiger partial charge in [0, 0.05) is 34.6 Å². The fraction of sp³-hybridized carbons (Fsp3) is 0.929. The first kappa shape index (κ1) is 113. The van der Waals surface area contributed by atoms with Gasteiger partial charge < -0.3 is 245 Å². The second-order valence-electron chi connectivity index (χ2n) is 32.6. The molecule has 9 heterocycles. The summed E-state index contributed by atoms with van der Waals surface area (Å²) in [5.41, 5.74) is 0. The maximum absolute atomic E-state index is 13.1. The predicted molar refractivity (Wildman–Crippen MR) is 411 cm³/mol. The van der Waals surface area contributed by atoms with Crippen LogP contribution in [0, 0.1) is 0 Å². The van der Waals surface area contributed by atoms with E-state index in [0.717, 1.165) is 34.6 Å². The molecule has 9 fully saturated rings. The molecular formula is C70H119N5O57S2. The summed E-state index contributed by atoms with van der Waals surface area (Å²) in [4.78, 5) is 64.9. The van der Waals surface area contributed by atoms with Crippen molar-refractivity contribution in [2.75, 3.05) is 72.7 Å². The summed E-state index contributed by atoms with van der Waals surface area (Å²) in [6, 6.07) is -10.1. The quantitative estimate of drug-likeness (QED) is 0.0253. The average Bonchev–Trinajstić information content (AvgIpc) is 0.765. The van der Waals surface area contributed by atoms with E-state index in [-0.39, 0.29) is 0 Å². The molecule has 0 aromatic heterocycles. The topological polar surface area (TPSA) is 965 Å². The van der Waals surface area contributed by atoms with Gasteiger partial charge in [0.05, 0.1) is 78.7 Å². The number of aliphatic hydroxyl groups is 26. The molecule has 0 aromatic rings. The van der Waals surface area contributed by atoms with E-state index in [4.69, 9.17) is 85.3 Å². The molecule has 64 heteroatoms. The molecule has 49 atom stereocenters. The lowest BCUT2D eigenvalue weighted by Gasteiger charge is -2.50. The summed E-state index contributed by atoms with van der Waals surface area (Å²) in [5.74, 6) is -5.11. The molecule has 134 heavy (non-hydrogen) atoms.